The number of carbonyl (C=O) groups is 2. The summed E-state index contributed by atoms with van der Waals surface area (Å²) in [5.41, 5.74) is 0.370. The molecule has 1 saturated carbocycles. The van der Waals surface area contributed by atoms with E-state index in [0.29, 0.717) is 5.57 Å². The highest BCUT2D eigenvalue weighted by molar-refractivity contribution is 5.86. The second-order valence-electron chi connectivity index (χ2n) is 4.20. The van der Waals surface area contributed by atoms with Crippen LogP contribution in [0, 0.1) is 5.92 Å². The summed E-state index contributed by atoms with van der Waals surface area (Å²) in [6, 6.07) is 0. The van der Waals surface area contributed by atoms with E-state index in [9.17, 15) is 9.59 Å². The molecule has 2 rings (SSSR count). The Balaban J connectivity index is 1.85. The first-order valence-electron chi connectivity index (χ1n) is 5.28. The SMILES string of the molecule is C=C(C)C(=O)OCC1CCC2OC(=O)OC12. The molecule has 1 saturated heterocycles. The van der Waals surface area contributed by atoms with Crippen LogP contribution in [0.3, 0.4) is 0 Å². The van der Waals surface area contributed by atoms with Crippen LogP contribution in [-0.4, -0.2) is 30.9 Å². The maximum absolute atomic E-state index is 11.2. The standard InChI is InChI=1S/C11H14O5/c1-6(2)10(12)14-5-7-3-4-8-9(7)16-11(13)15-8/h7-9H,1,3-5H2,2H3. The molecule has 3 unspecified atom stereocenters. The molecule has 0 spiro atoms. The van der Waals surface area contributed by atoms with Gasteiger partial charge in [-0.15, -0.1) is 0 Å². The molecule has 0 amide bonds. The van der Waals surface area contributed by atoms with Crippen molar-refractivity contribution in [2.45, 2.75) is 32.0 Å². The van der Waals surface area contributed by atoms with Gasteiger partial charge in [0.25, 0.3) is 0 Å². The fourth-order valence-electron chi connectivity index (χ4n) is 2.06. The summed E-state index contributed by atoms with van der Waals surface area (Å²) in [4.78, 5) is 22.1. The number of hydrogen-bond donors (Lipinski definition) is 0. The van der Waals surface area contributed by atoms with Gasteiger partial charge >= 0.3 is 12.1 Å². The van der Waals surface area contributed by atoms with Gasteiger partial charge in [0.15, 0.2) is 0 Å². The molecular formula is C11H14O5. The Morgan fingerprint density at radius 1 is 1.50 bits per heavy atom. The molecule has 5 nitrogen and oxygen atoms in total. The van der Waals surface area contributed by atoms with Crippen molar-refractivity contribution < 1.29 is 23.8 Å². The van der Waals surface area contributed by atoms with Crippen LogP contribution in [0.4, 0.5) is 4.79 Å². The number of fused-ring (bicyclic) bond motifs is 1. The third-order valence-electron chi connectivity index (χ3n) is 2.91. The lowest BCUT2D eigenvalue weighted by molar-refractivity contribution is -0.141. The summed E-state index contributed by atoms with van der Waals surface area (Å²) in [5, 5.41) is 0. The third-order valence-corrected chi connectivity index (χ3v) is 2.91. The molecule has 3 atom stereocenters. The van der Waals surface area contributed by atoms with E-state index in [4.69, 9.17) is 14.2 Å². The molecule has 5 heteroatoms. The highest BCUT2D eigenvalue weighted by atomic mass is 16.8. The molecular weight excluding hydrogens is 212 g/mol. The van der Waals surface area contributed by atoms with E-state index >= 15 is 0 Å². The number of carbonyl (C=O) groups excluding carboxylic acids is 2. The second-order valence-corrected chi connectivity index (χ2v) is 4.20. The Kier molecular flexibility index (Phi) is 2.85. The normalized spacial score (nSPS) is 31.6. The van der Waals surface area contributed by atoms with Gasteiger partial charge in [0.05, 0.1) is 6.61 Å². The first-order valence-corrected chi connectivity index (χ1v) is 5.28. The molecule has 0 bridgehead atoms. The summed E-state index contributed by atoms with van der Waals surface area (Å²) < 4.78 is 15.0. The zero-order valence-corrected chi connectivity index (χ0v) is 9.10. The molecule has 0 aromatic heterocycles. The molecule has 2 aliphatic rings. The average molecular weight is 226 g/mol. The van der Waals surface area contributed by atoms with E-state index in [1.54, 1.807) is 6.92 Å². The molecule has 1 aliphatic carbocycles. The minimum atomic E-state index is -0.620. The molecule has 1 aliphatic heterocycles. The lowest BCUT2D eigenvalue weighted by Crippen LogP contribution is -2.26. The quantitative estimate of drug-likeness (QED) is 0.538. The fourth-order valence-corrected chi connectivity index (χ4v) is 2.06. The van der Waals surface area contributed by atoms with Crippen molar-refractivity contribution in [2.75, 3.05) is 6.61 Å². The van der Waals surface area contributed by atoms with Gasteiger partial charge in [-0.25, -0.2) is 9.59 Å². The largest absolute Gasteiger partial charge is 0.509 e. The number of esters is 1. The second kappa shape index (κ2) is 4.15. The Hall–Kier alpha value is -1.52. The van der Waals surface area contributed by atoms with Crippen molar-refractivity contribution >= 4 is 12.1 Å². The molecule has 1 heterocycles. The molecule has 2 fully saturated rings. The Bertz CT molecular complexity index is 335. The summed E-state index contributed by atoms with van der Waals surface area (Å²) in [5.74, 6) is -0.367. The summed E-state index contributed by atoms with van der Waals surface area (Å²) in [6.07, 6.45) is 0.565. The predicted octanol–water partition coefficient (Wildman–Crippen LogP) is 1.42. The van der Waals surface area contributed by atoms with Crippen LogP contribution in [0.2, 0.25) is 0 Å². The minimum Gasteiger partial charge on any atom is -0.462 e. The van der Waals surface area contributed by atoms with Crippen molar-refractivity contribution in [1.82, 2.24) is 0 Å². The maximum Gasteiger partial charge on any atom is 0.509 e. The van der Waals surface area contributed by atoms with E-state index in [0.717, 1.165) is 12.8 Å². The van der Waals surface area contributed by atoms with E-state index in [-0.39, 0.29) is 24.7 Å². The summed E-state index contributed by atoms with van der Waals surface area (Å²) in [6.45, 7) is 5.34. The van der Waals surface area contributed by atoms with Gasteiger partial charge < -0.3 is 14.2 Å². The first kappa shape index (κ1) is 11.0. The lowest BCUT2D eigenvalue weighted by atomic mass is 10.1. The summed E-state index contributed by atoms with van der Waals surface area (Å²) in [7, 11) is 0. The third kappa shape index (κ3) is 2.03. The first-order chi connectivity index (χ1) is 7.58. The van der Waals surface area contributed by atoms with Crippen molar-refractivity contribution in [3.63, 3.8) is 0 Å². The Morgan fingerprint density at radius 3 is 2.94 bits per heavy atom. The smallest absolute Gasteiger partial charge is 0.462 e. The van der Waals surface area contributed by atoms with Gasteiger partial charge in [-0.3, -0.25) is 0 Å². The molecule has 0 aromatic carbocycles. The van der Waals surface area contributed by atoms with Crippen LogP contribution in [-0.2, 0) is 19.0 Å². The van der Waals surface area contributed by atoms with Gasteiger partial charge in [-0.05, 0) is 19.8 Å². The highest BCUT2D eigenvalue weighted by Gasteiger charge is 2.47. The van der Waals surface area contributed by atoms with E-state index in [2.05, 4.69) is 6.58 Å². The van der Waals surface area contributed by atoms with Gasteiger partial charge in [0.1, 0.15) is 12.2 Å². The van der Waals surface area contributed by atoms with Crippen LogP contribution in [0.15, 0.2) is 12.2 Å². The van der Waals surface area contributed by atoms with Gasteiger partial charge in [0, 0.05) is 11.5 Å². The van der Waals surface area contributed by atoms with E-state index < -0.39 is 12.1 Å². The Labute approximate surface area is 93.4 Å². The van der Waals surface area contributed by atoms with Crippen molar-refractivity contribution in [2.24, 2.45) is 5.92 Å². The van der Waals surface area contributed by atoms with Crippen molar-refractivity contribution in [1.29, 1.82) is 0 Å². The van der Waals surface area contributed by atoms with Gasteiger partial charge in [-0.2, -0.15) is 0 Å². The Morgan fingerprint density at radius 2 is 2.25 bits per heavy atom. The zero-order chi connectivity index (χ0) is 11.7. The zero-order valence-electron chi connectivity index (χ0n) is 9.10. The van der Waals surface area contributed by atoms with Crippen molar-refractivity contribution in [3.8, 4) is 0 Å². The number of ether oxygens (including phenoxy) is 3. The van der Waals surface area contributed by atoms with Crippen LogP contribution >= 0.6 is 0 Å². The monoisotopic (exact) mass is 226 g/mol. The molecule has 0 radical (unpaired) electrons. The molecule has 88 valence electrons. The van der Waals surface area contributed by atoms with Crippen LogP contribution in [0.1, 0.15) is 19.8 Å². The minimum absolute atomic E-state index is 0.0414. The number of hydrogen-bond acceptors (Lipinski definition) is 5. The summed E-state index contributed by atoms with van der Waals surface area (Å²) >= 11 is 0. The van der Waals surface area contributed by atoms with E-state index in [1.807, 2.05) is 0 Å². The van der Waals surface area contributed by atoms with Crippen LogP contribution < -0.4 is 0 Å². The topological polar surface area (TPSA) is 61.8 Å². The van der Waals surface area contributed by atoms with E-state index in [1.165, 1.54) is 0 Å². The highest BCUT2D eigenvalue weighted by Crippen LogP contribution is 2.35. The van der Waals surface area contributed by atoms with Gasteiger partial charge in [0.2, 0.25) is 0 Å². The van der Waals surface area contributed by atoms with Gasteiger partial charge in [-0.1, -0.05) is 6.58 Å². The predicted molar refractivity (Wildman–Crippen MR) is 53.6 cm³/mol. The maximum atomic E-state index is 11.2. The van der Waals surface area contributed by atoms with Crippen LogP contribution in [0.25, 0.3) is 0 Å². The average Bonchev–Trinajstić information content (AvgIpc) is 2.73. The lowest BCUT2D eigenvalue weighted by Gasteiger charge is -2.15. The molecule has 0 N–H and O–H groups in total. The molecule has 0 aromatic rings. The number of rotatable bonds is 3. The molecule has 16 heavy (non-hydrogen) atoms. The van der Waals surface area contributed by atoms with Crippen LogP contribution in [0.5, 0.6) is 0 Å². The van der Waals surface area contributed by atoms with Crippen molar-refractivity contribution in [3.05, 3.63) is 12.2 Å². The fraction of sp³-hybridized carbons (Fsp3) is 0.636.